The molecule has 23 heavy (non-hydrogen) atoms. The van der Waals surface area contributed by atoms with Crippen molar-refractivity contribution in [2.75, 3.05) is 13.7 Å². The van der Waals surface area contributed by atoms with E-state index < -0.39 is 0 Å². The van der Waals surface area contributed by atoms with Gasteiger partial charge in [-0.2, -0.15) is 5.10 Å². The monoisotopic (exact) mass is 376 g/mol. The van der Waals surface area contributed by atoms with Crippen molar-refractivity contribution in [2.45, 2.75) is 6.92 Å². The first-order chi connectivity index (χ1) is 11.2. The maximum Gasteiger partial charge on any atom is 0.275 e. The lowest BCUT2D eigenvalue weighted by Gasteiger charge is -2.08. The third kappa shape index (κ3) is 4.56. The average Bonchev–Trinajstić information content (AvgIpc) is 2.57. The summed E-state index contributed by atoms with van der Waals surface area (Å²) in [5, 5.41) is 3.99. The minimum Gasteiger partial charge on any atom is -0.497 e. The van der Waals surface area contributed by atoms with Crippen LogP contribution < -0.4 is 14.9 Å². The molecule has 0 bridgehead atoms. The highest BCUT2D eigenvalue weighted by atomic mass is 79.9. The molecule has 0 atom stereocenters. The molecule has 0 aliphatic rings. The summed E-state index contributed by atoms with van der Waals surface area (Å²) >= 11 is 3.42. The van der Waals surface area contributed by atoms with Gasteiger partial charge in [0.1, 0.15) is 11.5 Å². The minimum absolute atomic E-state index is 0.329. The van der Waals surface area contributed by atoms with E-state index in [1.54, 1.807) is 31.5 Å². The molecule has 1 N–H and O–H groups in total. The quantitative estimate of drug-likeness (QED) is 0.618. The van der Waals surface area contributed by atoms with Crippen LogP contribution in [0, 0.1) is 0 Å². The van der Waals surface area contributed by atoms with E-state index >= 15 is 0 Å². The second kappa shape index (κ2) is 8.33. The SMILES string of the molecule is CCOc1ccccc1C(=O)N/N=C/c1cc(OC)ccc1Br. The summed E-state index contributed by atoms with van der Waals surface area (Å²) in [6.45, 7) is 2.36. The van der Waals surface area contributed by atoms with E-state index in [0.29, 0.717) is 23.7 Å². The standard InChI is InChI=1S/C17H17BrN2O3/c1-3-23-16-7-5-4-6-14(16)17(21)20-19-11-12-10-13(22-2)8-9-15(12)18/h4-11H,3H2,1-2H3,(H,20,21)/b19-11+. The Bertz CT molecular complexity index is 717. The summed E-state index contributed by atoms with van der Waals surface area (Å²) in [6, 6.07) is 12.5. The van der Waals surface area contributed by atoms with Gasteiger partial charge in [-0.15, -0.1) is 0 Å². The number of hydrazone groups is 1. The molecule has 1 amide bonds. The summed E-state index contributed by atoms with van der Waals surface area (Å²) in [4.78, 5) is 12.2. The van der Waals surface area contributed by atoms with Gasteiger partial charge in [-0.25, -0.2) is 5.43 Å². The lowest BCUT2D eigenvalue weighted by molar-refractivity contribution is 0.0951. The number of halogens is 1. The van der Waals surface area contributed by atoms with Gasteiger partial charge >= 0.3 is 0 Å². The number of methoxy groups -OCH3 is 1. The third-order valence-corrected chi connectivity index (χ3v) is 3.73. The number of ether oxygens (including phenoxy) is 2. The van der Waals surface area contributed by atoms with Crippen molar-refractivity contribution >= 4 is 28.1 Å². The molecular formula is C17H17BrN2O3. The number of carbonyl (C=O) groups excluding carboxylic acids is 1. The fourth-order valence-corrected chi connectivity index (χ4v) is 2.25. The number of hydrogen-bond acceptors (Lipinski definition) is 4. The molecule has 120 valence electrons. The zero-order chi connectivity index (χ0) is 16.7. The summed E-state index contributed by atoms with van der Waals surface area (Å²) in [7, 11) is 1.59. The van der Waals surface area contributed by atoms with Crippen molar-refractivity contribution in [1.82, 2.24) is 5.43 Å². The summed E-state index contributed by atoms with van der Waals surface area (Å²) < 4.78 is 11.5. The van der Waals surface area contributed by atoms with E-state index in [1.807, 2.05) is 31.2 Å². The first kappa shape index (κ1) is 17.0. The van der Waals surface area contributed by atoms with Gasteiger partial charge < -0.3 is 9.47 Å². The Labute approximate surface area is 143 Å². The number of carbonyl (C=O) groups is 1. The van der Waals surface area contributed by atoms with Crippen LogP contribution in [0.25, 0.3) is 0 Å². The molecular weight excluding hydrogens is 360 g/mol. The Morgan fingerprint density at radius 3 is 2.83 bits per heavy atom. The van der Waals surface area contributed by atoms with Gasteiger partial charge in [0, 0.05) is 10.0 Å². The molecule has 0 unspecified atom stereocenters. The van der Waals surface area contributed by atoms with Crippen molar-refractivity contribution in [2.24, 2.45) is 5.10 Å². The van der Waals surface area contributed by atoms with Gasteiger partial charge in [0.05, 0.1) is 25.5 Å². The molecule has 0 saturated heterocycles. The summed E-state index contributed by atoms with van der Waals surface area (Å²) in [6.07, 6.45) is 1.55. The predicted molar refractivity (Wildman–Crippen MR) is 93.4 cm³/mol. The summed E-state index contributed by atoms with van der Waals surface area (Å²) in [5.41, 5.74) is 3.73. The predicted octanol–water partition coefficient (Wildman–Crippen LogP) is 3.62. The van der Waals surface area contributed by atoms with Gasteiger partial charge in [-0.1, -0.05) is 28.1 Å². The van der Waals surface area contributed by atoms with Crippen LogP contribution in [0.1, 0.15) is 22.8 Å². The molecule has 2 aromatic rings. The van der Waals surface area contributed by atoms with Crippen LogP contribution in [0.4, 0.5) is 0 Å². The Hall–Kier alpha value is -2.34. The molecule has 6 heteroatoms. The second-order valence-corrected chi connectivity index (χ2v) is 5.37. The van der Waals surface area contributed by atoms with E-state index in [2.05, 4.69) is 26.5 Å². The zero-order valence-electron chi connectivity index (χ0n) is 12.9. The minimum atomic E-state index is -0.329. The van der Waals surface area contributed by atoms with Crippen molar-refractivity contribution in [3.63, 3.8) is 0 Å². The first-order valence-electron chi connectivity index (χ1n) is 7.04. The highest BCUT2D eigenvalue weighted by Gasteiger charge is 2.10. The van der Waals surface area contributed by atoms with Crippen LogP contribution in [-0.4, -0.2) is 25.8 Å². The smallest absolute Gasteiger partial charge is 0.275 e. The fourth-order valence-electron chi connectivity index (χ4n) is 1.90. The molecule has 0 aliphatic heterocycles. The number of rotatable bonds is 6. The van der Waals surface area contributed by atoms with Gasteiger partial charge in [-0.05, 0) is 37.3 Å². The topological polar surface area (TPSA) is 59.9 Å². The van der Waals surface area contributed by atoms with Crippen LogP contribution in [-0.2, 0) is 0 Å². The van der Waals surface area contributed by atoms with E-state index in [1.165, 1.54) is 0 Å². The molecule has 0 heterocycles. The molecule has 0 aromatic heterocycles. The zero-order valence-corrected chi connectivity index (χ0v) is 14.5. The maximum absolute atomic E-state index is 12.2. The number of benzene rings is 2. The number of hydrogen-bond donors (Lipinski definition) is 1. The van der Waals surface area contributed by atoms with Crippen molar-refractivity contribution in [3.8, 4) is 11.5 Å². The van der Waals surface area contributed by atoms with E-state index in [-0.39, 0.29) is 5.91 Å². The van der Waals surface area contributed by atoms with Crippen molar-refractivity contribution < 1.29 is 14.3 Å². The van der Waals surface area contributed by atoms with Gasteiger partial charge in [-0.3, -0.25) is 4.79 Å². The molecule has 0 spiro atoms. The highest BCUT2D eigenvalue weighted by molar-refractivity contribution is 9.10. The number of nitrogens with one attached hydrogen (secondary N) is 1. The van der Waals surface area contributed by atoms with Crippen LogP contribution in [0.3, 0.4) is 0 Å². The van der Waals surface area contributed by atoms with Crippen LogP contribution in [0.15, 0.2) is 52.0 Å². The number of nitrogens with zero attached hydrogens (tertiary/aromatic N) is 1. The molecule has 0 fully saturated rings. The lowest BCUT2D eigenvalue weighted by Crippen LogP contribution is -2.18. The molecule has 0 radical (unpaired) electrons. The Kier molecular flexibility index (Phi) is 6.17. The fraction of sp³-hybridized carbons (Fsp3) is 0.176. The molecule has 0 aliphatic carbocycles. The van der Waals surface area contributed by atoms with Crippen molar-refractivity contribution in [1.29, 1.82) is 0 Å². The number of amides is 1. The molecule has 0 saturated carbocycles. The highest BCUT2D eigenvalue weighted by Crippen LogP contribution is 2.21. The Balaban J connectivity index is 2.10. The largest absolute Gasteiger partial charge is 0.497 e. The van der Waals surface area contributed by atoms with Crippen LogP contribution >= 0.6 is 15.9 Å². The molecule has 2 rings (SSSR count). The van der Waals surface area contributed by atoms with Crippen molar-refractivity contribution in [3.05, 3.63) is 58.1 Å². The van der Waals surface area contributed by atoms with E-state index in [9.17, 15) is 4.79 Å². The van der Waals surface area contributed by atoms with Gasteiger partial charge in [0.25, 0.3) is 5.91 Å². The Morgan fingerprint density at radius 1 is 1.30 bits per heavy atom. The average molecular weight is 377 g/mol. The van der Waals surface area contributed by atoms with Crippen LogP contribution in [0.2, 0.25) is 0 Å². The Morgan fingerprint density at radius 2 is 2.09 bits per heavy atom. The molecule has 5 nitrogen and oxygen atoms in total. The third-order valence-electron chi connectivity index (χ3n) is 3.00. The molecule has 2 aromatic carbocycles. The second-order valence-electron chi connectivity index (χ2n) is 4.52. The van der Waals surface area contributed by atoms with Crippen LogP contribution in [0.5, 0.6) is 11.5 Å². The van der Waals surface area contributed by atoms with E-state index in [0.717, 1.165) is 10.0 Å². The lowest BCUT2D eigenvalue weighted by atomic mass is 10.2. The van der Waals surface area contributed by atoms with Gasteiger partial charge in [0.2, 0.25) is 0 Å². The number of para-hydroxylation sites is 1. The first-order valence-corrected chi connectivity index (χ1v) is 7.83. The van der Waals surface area contributed by atoms with E-state index in [4.69, 9.17) is 9.47 Å². The maximum atomic E-state index is 12.2. The summed E-state index contributed by atoms with van der Waals surface area (Å²) in [5.74, 6) is 0.914. The normalized spacial score (nSPS) is 10.6. The van der Waals surface area contributed by atoms with Gasteiger partial charge in [0.15, 0.2) is 0 Å².